The van der Waals surface area contributed by atoms with Crippen molar-refractivity contribution in [1.82, 2.24) is 0 Å². The summed E-state index contributed by atoms with van der Waals surface area (Å²) >= 11 is 0. The molecule has 0 amide bonds. The van der Waals surface area contributed by atoms with Gasteiger partial charge in [0.1, 0.15) is 13.2 Å². The topological polar surface area (TPSA) is 78.9 Å². The Balaban J connectivity index is 4.45. The van der Waals surface area contributed by atoms with E-state index in [-0.39, 0.29) is 31.1 Å². The van der Waals surface area contributed by atoms with Crippen molar-refractivity contribution in [2.24, 2.45) is 0 Å². The largest absolute Gasteiger partial charge is 0.462 e. The number of allylic oxidation sites excluding steroid dienone is 14. The number of hydrogen-bond donors (Lipinski definition) is 0. The summed E-state index contributed by atoms with van der Waals surface area (Å²) < 4.78 is 16.8. The van der Waals surface area contributed by atoms with Crippen LogP contribution in [0.1, 0.15) is 226 Å². The van der Waals surface area contributed by atoms with Gasteiger partial charge in [0, 0.05) is 19.3 Å². The lowest BCUT2D eigenvalue weighted by Crippen LogP contribution is -2.30. The Kier molecular flexibility index (Phi) is 46.5. The summed E-state index contributed by atoms with van der Waals surface area (Å²) in [5, 5.41) is 0. The first-order valence-electron chi connectivity index (χ1n) is 25.2. The van der Waals surface area contributed by atoms with Crippen LogP contribution in [0.25, 0.3) is 0 Å². The monoisotopic (exact) mass is 849 g/mol. The Hall–Kier alpha value is -3.41. The Morgan fingerprint density at radius 1 is 0.344 bits per heavy atom. The van der Waals surface area contributed by atoms with Gasteiger partial charge in [0.15, 0.2) is 6.10 Å². The normalized spacial score (nSPS) is 12.8. The molecule has 0 aliphatic rings. The second-order valence-electron chi connectivity index (χ2n) is 16.5. The van der Waals surface area contributed by atoms with E-state index in [4.69, 9.17) is 14.2 Å². The van der Waals surface area contributed by atoms with E-state index < -0.39 is 6.10 Å². The standard InChI is InChI=1S/C55H92O6/c1-4-7-10-13-16-19-22-25-27-30-33-36-39-42-45-48-54(57)60-51-52(50-59-53(56)47-44-41-38-35-32-29-24-21-18-15-12-9-6-3)61-55(58)49-46-43-40-37-34-31-28-26-23-20-17-14-11-8-5-2/h7,9-10,12-13,15-16,18-19,21-22,24-25,27,52H,4-6,8,11,14,17,20,23,26,28-51H2,1-3H3/b10-7+,12-9+,16-13+,18-15+,22-19+,24-21+,27-25+. The highest BCUT2D eigenvalue weighted by molar-refractivity contribution is 5.71. The summed E-state index contributed by atoms with van der Waals surface area (Å²) in [5.41, 5.74) is 0. The number of carbonyl (C=O) groups is 3. The van der Waals surface area contributed by atoms with Gasteiger partial charge in [-0.3, -0.25) is 14.4 Å². The lowest BCUT2D eigenvalue weighted by Gasteiger charge is -2.18. The molecule has 0 aromatic carbocycles. The molecule has 6 nitrogen and oxygen atoms in total. The van der Waals surface area contributed by atoms with Crippen molar-refractivity contribution < 1.29 is 28.6 Å². The summed E-state index contributed by atoms with van der Waals surface area (Å²) in [6.45, 7) is 6.33. The molecular formula is C55H92O6. The Morgan fingerprint density at radius 3 is 1.00 bits per heavy atom. The Labute approximate surface area is 375 Å². The number of hydrogen-bond acceptors (Lipinski definition) is 6. The van der Waals surface area contributed by atoms with Crippen molar-refractivity contribution in [2.45, 2.75) is 232 Å². The first-order chi connectivity index (χ1) is 30.0. The van der Waals surface area contributed by atoms with Gasteiger partial charge in [-0.1, -0.05) is 234 Å². The van der Waals surface area contributed by atoms with Gasteiger partial charge < -0.3 is 14.2 Å². The lowest BCUT2D eigenvalue weighted by molar-refractivity contribution is -0.167. The molecule has 0 saturated heterocycles. The highest BCUT2D eigenvalue weighted by Gasteiger charge is 2.19. The summed E-state index contributed by atoms with van der Waals surface area (Å²) in [5.74, 6) is -0.936. The van der Waals surface area contributed by atoms with Gasteiger partial charge in [-0.15, -0.1) is 0 Å². The van der Waals surface area contributed by atoms with Crippen molar-refractivity contribution in [3.8, 4) is 0 Å². The maximum absolute atomic E-state index is 12.8. The van der Waals surface area contributed by atoms with Crippen LogP contribution in [0.5, 0.6) is 0 Å². The van der Waals surface area contributed by atoms with Gasteiger partial charge in [-0.25, -0.2) is 0 Å². The maximum Gasteiger partial charge on any atom is 0.306 e. The molecule has 1 unspecified atom stereocenters. The molecule has 61 heavy (non-hydrogen) atoms. The third-order valence-corrected chi connectivity index (χ3v) is 10.6. The van der Waals surface area contributed by atoms with Crippen LogP contribution >= 0.6 is 0 Å². The van der Waals surface area contributed by atoms with Crippen molar-refractivity contribution in [1.29, 1.82) is 0 Å². The smallest absolute Gasteiger partial charge is 0.306 e. The molecule has 1 atom stereocenters. The van der Waals surface area contributed by atoms with E-state index >= 15 is 0 Å². The van der Waals surface area contributed by atoms with Gasteiger partial charge >= 0.3 is 17.9 Å². The van der Waals surface area contributed by atoms with Crippen LogP contribution in [0.3, 0.4) is 0 Å². The van der Waals surface area contributed by atoms with E-state index in [9.17, 15) is 14.4 Å². The van der Waals surface area contributed by atoms with E-state index in [0.717, 1.165) is 109 Å². The lowest BCUT2D eigenvalue weighted by atomic mass is 10.0. The maximum atomic E-state index is 12.8. The molecule has 0 aliphatic carbocycles. The zero-order valence-corrected chi connectivity index (χ0v) is 39.7. The predicted molar refractivity (Wildman–Crippen MR) is 261 cm³/mol. The SMILES string of the molecule is CC/C=C/C=C/C=C/C=C/CCCCCCCC(=O)OCC(COC(=O)CCCCCCC/C=C/C=C/C=C/CC)OC(=O)CCCCCCCCCCCCCCCCC. The molecule has 0 fully saturated rings. The Morgan fingerprint density at radius 2 is 0.639 bits per heavy atom. The molecule has 6 heteroatoms. The molecule has 0 spiro atoms. The van der Waals surface area contributed by atoms with Gasteiger partial charge in [-0.05, 0) is 57.8 Å². The van der Waals surface area contributed by atoms with Gasteiger partial charge in [-0.2, -0.15) is 0 Å². The highest BCUT2D eigenvalue weighted by Crippen LogP contribution is 2.15. The van der Waals surface area contributed by atoms with Gasteiger partial charge in [0.2, 0.25) is 0 Å². The zero-order valence-electron chi connectivity index (χ0n) is 39.7. The van der Waals surface area contributed by atoms with E-state index in [2.05, 4.69) is 87.6 Å². The van der Waals surface area contributed by atoms with E-state index in [0.29, 0.717) is 19.3 Å². The van der Waals surface area contributed by atoms with Crippen LogP contribution in [-0.2, 0) is 28.6 Å². The second-order valence-corrected chi connectivity index (χ2v) is 16.5. The van der Waals surface area contributed by atoms with Crippen molar-refractivity contribution in [3.05, 3.63) is 85.1 Å². The third-order valence-electron chi connectivity index (χ3n) is 10.6. The van der Waals surface area contributed by atoms with Gasteiger partial charge in [0.25, 0.3) is 0 Å². The fourth-order valence-electron chi connectivity index (χ4n) is 6.81. The van der Waals surface area contributed by atoms with Crippen LogP contribution in [0, 0.1) is 0 Å². The predicted octanol–water partition coefficient (Wildman–Crippen LogP) is 16.4. The van der Waals surface area contributed by atoms with Crippen LogP contribution in [0.15, 0.2) is 85.1 Å². The molecule has 0 aromatic rings. The number of esters is 3. The minimum atomic E-state index is -0.792. The third kappa shape index (κ3) is 47.5. The van der Waals surface area contributed by atoms with Gasteiger partial charge in [0.05, 0.1) is 0 Å². The molecule has 0 saturated carbocycles. The zero-order chi connectivity index (χ0) is 44.4. The minimum Gasteiger partial charge on any atom is -0.462 e. The molecule has 348 valence electrons. The van der Waals surface area contributed by atoms with E-state index in [1.54, 1.807) is 0 Å². The number of ether oxygens (including phenoxy) is 3. The number of carbonyl (C=O) groups excluding carboxylic acids is 3. The first-order valence-corrected chi connectivity index (χ1v) is 25.2. The molecule has 0 N–H and O–H groups in total. The molecule has 0 heterocycles. The van der Waals surface area contributed by atoms with E-state index in [1.165, 1.54) is 77.0 Å². The van der Waals surface area contributed by atoms with Crippen molar-refractivity contribution in [2.75, 3.05) is 13.2 Å². The van der Waals surface area contributed by atoms with Crippen LogP contribution in [0.2, 0.25) is 0 Å². The summed E-state index contributed by atoms with van der Waals surface area (Å²) in [4.78, 5) is 37.9. The summed E-state index contributed by atoms with van der Waals surface area (Å²) in [7, 11) is 0. The van der Waals surface area contributed by atoms with E-state index in [1.807, 2.05) is 18.2 Å². The molecule has 0 radical (unpaired) electrons. The van der Waals surface area contributed by atoms with Crippen LogP contribution < -0.4 is 0 Å². The number of rotatable bonds is 44. The minimum absolute atomic E-state index is 0.0943. The average molecular weight is 849 g/mol. The van der Waals surface area contributed by atoms with Crippen molar-refractivity contribution >= 4 is 17.9 Å². The average Bonchev–Trinajstić information content (AvgIpc) is 3.26. The summed E-state index contributed by atoms with van der Waals surface area (Å²) in [6.07, 6.45) is 62.8. The molecule has 0 bridgehead atoms. The first kappa shape index (κ1) is 57.6. The molecule has 0 aliphatic heterocycles. The fraction of sp³-hybridized carbons (Fsp3) is 0.691. The van der Waals surface area contributed by atoms with Crippen LogP contribution in [0.4, 0.5) is 0 Å². The number of unbranched alkanes of at least 4 members (excludes halogenated alkanes) is 24. The molecule has 0 rings (SSSR count). The highest BCUT2D eigenvalue weighted by atomic mass is 16.6. The summed E-state index contributed by atoms with van der Waals surface area (Å²) in [6, 6.07) is 0. The second kappa shape index (κ2) is 49.2. The van der Waals surface area contributed by atoms with Crippen LogP contribution in [-0.4, -0.2) is 37.2 Å². The fourth-order valence-corrected chi connectivity index (χ4v) is 6.81. The molecular weight excluding hydrogens is 757 g/mol. The Bertz CT molecular complexity index is 1200. The molecule has 0 aromatic heterocycles. The quantitative estimate of drug-likeness (QED) is 0.0263. The van der Waals surface area contributed by atoms with Crippen molar-refractivity contribution in [3.63, 3.8) is 0 Å².